The summed E-state index contributed by atoms with van der Waals surface area (Å²) in [7, 11) is 0. The number of hydrogen-bond acceptors (Lipinski definition) is 4. The minimum atomic E-state index is -0.546. The first-order valence-corrected chi connectivity index (χ1v) is 7.27. The number of imide groups is 2. The molecule has 2 rings (SSSR count). The zero-order valence-electron chi connectivity index (χ0n) is 12.4. The summed E-state index contributed by atoms with van der Waals surface area (Å²) < 4.78 is 5.44. The Kier molecular flexibility index (Phi) is 4.90. The van der Waals surface area contributed by atoms with Crippen LogP contribution in [-0.2, 0) is 14.3 Å². The van der Waals surface area contributed by atoms with E-state index in [1.165, 1.54) is 6.08 Å². The second-order valence-electron chi connectivity index (χ2n) is 4.90. The molecular formula is C15H20N2O4. The molecule has 0 spiro atoms. The third kappa shape index (κ3) is 3.05. The number of carbonyl (C=O) groups excluding carboxylic acids is 3. The summed E-state index contributed by atoms with van der Waals surface area (Å²) in [6, 6.07) is -0.546. The molecule has 2 heterocycles. The van der Waals surface area contributed by atoms with Gasteiger partial charge in [0.2, 0.25) is 0 Å². The summed E-state index contributed by atoms with van der Waals surface area (Å²) in [4.78, 5) is 38.5. The molecule has 4 amide bonds. The minimum Gasteiger partial charge on any atom is -0.374 e. The van der Waals surface area contributed by atoms with Crippen LogP contribution in [0.1, 0.15) is 26.7 Å². The average Bonchev–Trinajstić information content (AvgIpc) is 2.97. The highest BCUT2D eigenvalue weighted by Crippen LogP contribution is 2.18. The largest absolute Gasteiger partial charge is 0.374 e. The fourth-order valence-corrected chi connectivity index (χ4v) is 2.43. The minimum absolute atomic E-state index is 0.0209. The molecule has 0 aromatic heterocycles. The summed E-state index contributed by atoms with van der Waals surface area (Å²) in [5, 5.41) is 0. The van der Waals surface area contributed by atoms with E-state index < -0.39 is 17.8 Å². The van der Waals surface area contributed by atoms with Gasteiger partial charge in [0.1, 0.15) is 5.57 Å². The fraction of sp³-hybridized carbons (Fsp3) is 0.533. The van der Waals surface area contributed by atoms with Crippen LogP contribution < -0.4 is 0 Å². The third-order valence-electron chi connectivity index (χ3n) is 3.60. The summed E-state index contributed by atoms with van der Waals surface area (Å²) in [5.41, 5.74) is 0.0209. The maximum Gasteiger partial charge on any atom is 0.333 e. The number of allylic oxidation sites excluding steroid dienone is 2. The Hall–Kier alpha value is -1.95. The van der Waals surface area contributed by atoms with Gasteiger partial charge in [0.05, 0.1) is 6.10 Å². The Morgan fingerprint density at radius 2 is 1.76 bits per heavy atom. The van der Waals surface area contributed by atoms with Crippen LogP contribution >= 0.6 is 0 Å². The highest BCUT2D eigenvalue weighted by atomic mass is 16.5. The average molecular weight is 292 g/mol. The molecule has 1 unspecified atom stereocenters. The summed E-state index contributed by atoms with van der Waals surface area (Å²) in [6.07, 6.45) is 6.99. The van der Waals surface area contributed by atoms with Gasteiger partial charge in [-0.3, -0.25) is 19.4 Å². The molecular weight excluding hydrogens is 272 g/mol. The van der Waals surface area contributed by atoms with Crippen molar-refractivity contribution in [2.45, 2.75) is 32.8 Å². The first-order valence-electron chi connectivity index (χ1n) is 7.27. The van der Waals surface area contributed by atoms with E-state index >= 15 is 0 Å². The number of rotatable bonds is 4. The van der Waals surface area contributed by atoms with E-state index in [1.54, 1.807) is 19.9 Å². The van der Waals surface area contributed by atoms with Crippen LogP contribution in [0.5, 0.6) is 0 Å². The molecule has 2 aliphatic rings. The van der Waals surface area contributed by atoms with Gasteiger partial charge in [0.25, 0.3) is 11.8 Å². The van der Waals surface area contributed by atoms with Crippen molar-refractivity contribution < 1.29 is 19.1 Å². The van der Waals surface area contributed by atoms with Crippen molar-refractivity contribution in [3.8, 4) is 0 Å². The molecule has 2 saturated heterocycles. The molecule has 21 heavy (non-hydrogen) atoms. The lowest BCUT2D eigenvalue weighted by molar-refractivity contribution is -0.135. The number of ether oxygens (including phenoxy) is 1. The molecule has 114 valence electrons. The number of carbonyl (C=O) groups is 3. The Labute approximate surface area is 124 Å². The van der Waals surface area contributed by atoms with Gasteiger partial charge in [-0.15, -0.1) is 0 Å². The molecule has 0 saturated carbocycles. The van der Waals surface area contributed by atoms with Crippen LogP contribution in [0.4, 0.5) is 4.79 Å². The van der Waals surface area contributed by atoms with Crippen molar-refractivity contribution in [1.82, 2.24) is 9.80 Å². The SMILES string of the molecule is CCN1C(=O)C(=C/C=C/C2CCCO2)C(=O)N(CC)C1=O. The van der Waals surface area contributed by atoms with Crippen LogP contribution in [0, 0.1) is 0 Å². The van der Waals surface area contributed by atoms with Gasteiger partial charge in [-0.1, -0.05) is 12.2 Å². The standard InChI is InChI=1S/C15H20N2O4/c1-3-16-13(18)12(14(19)17(4-2)15(16)20)9-5-7-11-8-6-10-21-11/h5,7,9,11H,3-4,6,8,10H2,1-2H3/b7-5+. The zero-order chi connectivity index (χ0) is 15.4. The molecule has 6 heteroatoms. The predicted molar refractivity (Wildman–Crippen MR) is 76.4 cm³/mol. The molecule has 6 nitrogen and oxygen atoms in total. The second kappa shape index (κ2) is 6.67. The lowest BCUT2D eigenvalue weighted by Gasteiger charge is -2.32. The number of barbiturate groups is 1. The van der Waals surface area contributed by atoms with Crippen LogP contribution in [0.15, 0.2) is 23.8 Å². The normalized spacial score (nSPS) is 23.6. The van der Waals surface area contributed by atoms with Gasteiger partial charge in [-0.2, -0.15) is 0 Å². The Bertz CT molecular complexity index is 476. The van der Waals surface area contributed by atoms with E-state index in [4.69, 9.17) is 4.74 Å². The maximum absolute atomic E-state index is 12.2. The van der Waals surface area contributed by atoms with Gasteiger partial charge < -0.3 is 4.74 Å². The van der Waals surface area contributed by atoms with E-state index in [9.17, 15) is 14.4 Å². The van der Waals surface area contributed by atoms with E-state index in [2.05, 4.69) is 0 Å². The highest BCUT2D eigenvalue weighted by molar-refractivity contribution is 6.28. The van der Waals surface area contributed by atoms with Crippen LogP contribution in [0.25, 0.3) is 0 Å². The van der Waals surface area contributed by atoms with E-state index in [1.807, 2.05) is 6.08 Å². The summed E-state index contributed by atoms with van der Waals surface area (Å²) >= 11 is 0. The highest BCUT2D eigenvalue weighted by Gasteiger charge is 2.39. The molecule has 0 bridgehead atoms. The summed E-state index contributed by atoms with van der Waals surface area (Å²) in [5.74, 6) is -1.07. The van der Waals surface area contributed by atoms with Gasteiger partial charge in [-0.05, 0) is 32.8 Å². The molecule has 2 aliphatic heterocycles. The lowest BCUT2D eigenvalue weighted by atomic mass is 10.1. The molecule has 2 fully saturated rings. The first-order chi connectivity index (χ1) is 10.1. The Morgan fingerprint density at radius 1 is 1.14 bits per heavy atom. The van der Waals surface area contributed by atoms with Gasteiger partial charge in [0, 0.05) is 19.7 Å². The number of hydrogen-bond donors (Lipinski definition) is 0. The first kappa shape index (κ1) is 15.4. The quantitative estimate of drug-likeness (QED) is 0.581. The van der Waals surface area contributed by atoms with Crippen LogP contribution in [-0.4, -0.2) is 53.4 Å². The zero-order valence-corrected chi connectivity index (χ0v) is 12.4. The van der Waals surface area contributed by atoms with Crippen molar-refractivity contribution in [2.75, 3.05) is 19.7 Å². The van der Waals surface area contributed by atoms with Crippen molar-refractivity contribution in [2.24, 2.45) is 0 Å². The van der Waals surface area contributed by atoms with Gasteiger partial charge in [-0.25, -0.2) is 4.79 Å². The van der Waals surface area contributed by atoms with Crippen molar-refractivity contribution in [1.29, 1.82) is 0 Å². The van der Waals surface area contributed by atoms with Crippen molar-refractivity contribution >= 4 is 17.8 Å². The van der Waals surface area contributed by atoms with Crippen LogP contribution in [0.3, 0.4) is 0 Å². The van der Waals surface area contributed by atoms with Gasteiger partial charge >= 0.3 is 6.03 Å². The number of nitrogens with zero attached hydrogens (tertiary/aromatic N) is 2. The smallest absolute Gasteiger partial charge is 0.333 e. The Balaban J connectivity index is 2.20. The fourth-order valence-electron chi connectivity index (χ4n) is 2.43. The summed E-state index contributed by atoms with van der Waals surface area (Å²) in [6.45, 7) is 4.65. The topological polar surface area (TPSA) is 66.9 Å². The molecule has 0 aliphatic carbocycles. The van der Waals surface area contributed by atoms with E-state index in [0.717, 1.165) is 29.2 Å². The van der Waals surface area contributed by atoms with E-state index in [0.29, 0.717) is 0 Å². The van der Waals surface area contributed by atoms with Crippen molar-refractivity contribution in [3.05, 3.63) is 23.8 Å². The second-order valence-corrected chi connectivity index (χ2v) is 4.90. The maximum atomic E-state index is 12.2. The number of likely N-dealkylation sites (N-methyl/N-ethyl adjacent to an activating group) is 2. The Morgan fingerprint density at radius 3 is 2.24 bits per heavy atom. The van der Waals surface area contributed by atoms with Crippen molar-refractivity contribution in [3.63, 3.8) is 0 Å². The number of amides is 4. The molecule has 0 aromatic rings. The monoisotopic (exact) mass is 292 g/mol. The molecule has 1 atom stereocenters. The number of urea groups is 1. The molecule has 0 radical (unpaired) electrons. The lowest BCUT2D eigenvalue weighted by Crippen LogP contribution is -2.56. The third-order valence-corrected chi connectivity index (χ3v) is 3.60. The molecule has 0 aromatic carbocycles. The molecule has 0 N–H and O–H groups in total. The van der Waals surface area contributed by atoms with Gasteiger partial charge in [0.15, 0.2) is 0 Å². The van der Waals surface area contributed by atoms with E-state index in [-0.39, 0.29) is 24.8 Å². The predicted octanol–water partition coefficient (Wildman–Crippen LogP) is 1.48. The van der Waals surface area contributed by atoms with Crippen LogP contribution in [0.2, 0.25) is 0 Å².